The molecule has 0 saturated heterocycles. The lowest BCUT2D eigenvalue weighted by molar-refractivity contribution is -0.129. The number of carbonyl (C=O) groups excluding carboxylic acids is 1. The molecule has 0 aromatic carbocycles. The molecule has 0 aliphatic rings. The maximum absolute atomic E-state index is 10.9. The summed E-state index contributed by atoms with van der Waals surface area (Å²) < 4.78 is 0. The molecule has 0 aliphatic heterocycles. The van der Waals surface area contributed by atoms with Gasteiger partial charge in [0.1, 0.15) is 0 Å². The van der Waals surface area contributed by atoms with E-state index in [0.29, 0.717) is 6.42 Å². The Hall–Kier alpha value is -0.610. The number of carbonyl (C=O) groups is 1. The molecule has 204 valence electrons. The zero-order valence-electron chi connectivity index (χ0n) is 22.9. The van der Waals surface area contributed by atoms with Crippen LogP contribution in [0.15, 0.2) is 0 Å². The van der Waals surface area contributed by atoms with Crippen molar-refractivity contribution in [1.82, 2.24) is 5.48 Å². The predicted molar refractivity (Wildman–Crippen MR) is 148 cm³/mol. The van der Waals surface area contributed by atoms with Gasteiger partial charge in [0.2, 0.25) is 5.91 Å². The Morgan fingerprint density at radius 2 is 0.618 bits per heavy atom. The Morgan fingerprint density at radius 1 is 0.412 bits per heavy atom. The summed E-state index contributed by atoms with van der Waals surface area (Å²) in [4.78, 5) is 10.9. The Kier molecular flexibility index (Phi) is 29.9. The molecule has 0 rings (SSSR count). The molecule has 0 bridgehead atoms. The molecule has 4 heteroatoms. The van der Waals surface area contributed by atoms with Gasteiger partial charge in [-0.1, -0.05) is 161 Å². The van der Waals surface area contributed by atoms with E-state index in [1.807, 2.05) is 0 Å². The number of hydrogen-bond acceptors (Lipinski definition) is 3. The number of unbranched alkanes of at least 4 members (excludes halogenated alkanes) is 26. The van der Waals surface area contributed by atoms with Gasteiger partial charge in [0.05, 0.1) is 0 Å². The highest BCUT2D eigenvalue weighted by Gasteiger charge is 1.99. The Bertz CT molecular complexity index is 390. The first kappa shape index (κ1) is 33.4. The quantitative estimate of drug-likeness (QED) is 0.0564. The molecule has 0 radical (unpaired) electrons. The molecule has 0 spiro atoms. The van der Waals surface area contributed by atoms with E-state index in [1.165, 1.54) is 161 Å². The average molecular weight is 483 g/mol. The summed E-state index contributed by atoms with van der Waals surface area (Å²) in [6.07, 6.45) is 37.5. The molecule has 0 aromatic heterocycles. The molecule has 0 saturated carbocycles. The van der Waals surface area contributed by atoms with Crippen LogP contribution in [-0.4, -0.2) is 17.7 Å². The maximum Gasteiger partial charge on any atom is 0.243 e. The first-order valence-corrected chi connectivity index (χ1v) is 15.4. The second-order valence-corrected chi connectivity index (χ2v) is 10.6. The second kappa shape index (κ2) is 30.4. The van der Waals surface area contributed by atoms with Crippen LogP contribution in [0, 0.1) is 0 Å². The van der Waals surface area contributed by atoms with Crippen molar-refractivity contribution in [1.29, 1.82) is 0 Å². The third kappa shape index (κ3) is 29.4. The number of hydroxylamine groups is 1. The fourth-order valence-corrected chi connectivity index (χ4v) is 4.91. The lowest BCUT2D eigenvalue weighted by Crippen LogP contribution is -2.17. The summed E-state index contributed by atoms with van der Waals surface area (Å²) in [5, 5.41) is 8.43. The monoisotopic (exact) mass is 482 g/mol. The fraction of sp³-hybridized carbons (Fsp3) is 0.967. The van der Waals surface area contributed by atoms with Crippen molar-refractivity contribution in [3.05, 3.63) is 0 Å². The molecule has 0 aliphatic carbocycles. The third-order valence-corrected chi connectivity index (χ3v) is 7.23. The molecule has 0 unspecified atom stereocenters. The van der Waals surface area contributed by atoms with Crippen LogP contribution in [0.25, 0.3) is 0 Å². The van der Waals surface area contributed by atoms with Crippen LogP contribution in [0.5, 0.6) is 0 Å². The molecule has 1 amide bonds. The largest absolute Gasteiger partial charge is 0.330 e. The highest BCUT2D eigenvalue weighted by Crippen LogP contribution is 2.16. The summed E-state index contributed by atoms with van der Waals surface area (Å²) in [5.41, 5.74) is 7.22. The molecular formula is C30H62N2O2. The summed E-state index contributed by atoms with van der Waals surface area (Å²) in [7, 11) is 0. The number of nitrogens with one attached hydrogen (secondary N) is 1. The highest BCUT2D eigenvalue weighted by molar-refractivity contribution is 5.74. The maximum atomic E-state index is 10.9. The van der Waals surface area contributed by atoms with Gasteiger partial charge in [0, 0.05) is 6.42 Å². The summed E-state index contributed by atoms with van der Waals surface area (Å²) in [5.74, 6) is -0.257. The van der Waals surface area contributed by atoms with Crippen molar-refractivity contribution >= 4 is 5.91 Å². The molecule has 0 heterocycles. The molecule has 0 fully saturated rings. The van der Waals surface area contributed by atoms with E-state index >= 15 is 0 Å². The van der Waals surface area contributed by atoms with E-state index in [2.05, 4.69) is 0 Å². The number of hydrogen-bond donors (Lipinski definition) is 3. The SMILES string of the molecule is NCCCCCCCCCCCCCCCCCCCCCCCCCCCCCC(=O)NO. The van der Waals surface area contributed by atoms with E-state index < -0.39 is 0 Å². The van der Waals surface area contributed by atoms with E-state index in [-0.39, 0.29) is 5.91 Å². The van der Waals surface area contributed by atoms with Crippen LogP contribution in [-0.2, 0) is 4.79 Å². The lowest BCUT2D eigenvalue weighted by Gasteiger charge is -2.04. The van der Waals surface area contributed by atoms with Gasteiger partial charge in [0.25, 0.3) is 0 Å². The Balaban J connectivity index is 3.02. The molecular weight excluding hydrogens is 420 g/mol. The zero-order valence-corrected chi connectivity index (χ0v) is 22.9. The van der Waals surface area contributed by atoms with Crippen LogP contribution < -0.4 is 11.2 Å². The zero-order chi connectivity index (χ0) is 24.8. The van der Waals surface area contributed by atoms with Crippen molar-refractivity contribution < 1.29 is 10.0 Å². The van der Waals surface area contributed by atoms with Crippen molar-refractivity contribution in [3.63, 3.8) is 0 Å². The van der Waals surface area contributed by atoms with Gasteiger partial charge in [-0.25, -0.2) is 5.48 Å². The molecule has 34 heavy (non-hydrogen) atoms. The van der Waals surface area contributed by atoms with Crippen molar-refractivity contribution in [2.75, 3.05) is 6.54 Å². The van der Waals surface area contributed by atoms with Crippen LogP contribution in [0.1, 0.15) is 180 Å². The average Bonchev–Trinajstić information content (AvgIpc) is 2.85. The number of nitrogens with two attached hydrogens (primary N) is 1. The molecule has 0 aromatic rings. The highest BCUT2D eigenvalue weighted by atomic mass is 16.5. The fourth-order valence-electron chi connectivity index (χ4n) is 4.91. The van der Waals surface area contributed by atoms with E-state index in [4.69, 9.17) is 10.9 Å². The molecule has 4 nitrogen and oxygen atoms in total. The van der Waals surface area contributed by atoms with Crippen molar-refractivity contribution in [2.45, 2.75) is 180 Å². The Labute approximate surface area is 213 Å². The first-order chi connectivity index (χ1) is 16.8. The van der Waals surface area contributed by atoms with Gasteiger partial charge in [-0.3, -0.25) is 10.0 Å². The first-order valence-electron chi connectivity index (χ1n) is 15.4. The van der Waals surface area contributed by atoms with Crippen LogP contribution in [0.3, 0.4) is 0 Å². The minimum absolute atomic E-state index is 0.257. The van der Waals surface area contributed by atoms with Gasteiger partial charge in [0.15, 0.2) is 0 Å². The second-order valence-electron chi connectivity index (χ2n) is 10.6. The minimum atomic E-state index is -0.257. The summed E-state index contributed by atoms with van der Waals surface area (Å²) in [6.45, 7) is 0.864. The van der Waals surface area contributed by atoms with Gasteiger partial charge >= 0.3 is 0 Å². The third-order valence-electron chi connectivity index (χ3n) is 7.23. The van der Waals surface area contributed by atoms with E-state index in [9.17, 15) is 4.79 Å². The standard InChI is InChI=1S/C30H62N2O2/c31-29-27-25-23-21-19-17-15-13-11-9-7-5-3-1-2-4-6-8-10-12-14-16-18-20-22-24-26-28-30(33)32-34/h34H,1-29,31H2,(H,32,33). The predicted octanol–water partition coefficient (Wildman–Crippen LogP) is 9.37. The molecule has 0 atom stereocenters. The Morgan fingerprint density at radius 3 is 0.824 bits per heavy atom. The van der Waals surface area contributed by atoms with Crippen LogP contribution in [0.4, 0.5) is 0 Å². The summed E-state index contributed by atoms with van der Waals surface area (Å²) in [6, 6.07) is 0. The van der Waals surface area contributed by atoms with Gasteiger partial charge in [-0.15, -0.1) is 0 Å². The number of rotatable bonds is 29. The van der Waals surface area contributed by atoms with Crippen LogP contribution in [0.2, 0.25) is 0 Å². The topological polar surface area (TPSA) is 75.4 Å². The van der Waals surface area contributed by atoms with Crippen LogP contribution >= 0.6 is 0 Å². The number of amides is 1. The summed E-state index contributed by atoms with van der Waals surface area (Å²) >= 11 is 0. The van der Waals surface area contributed by atoms with Gasteiger partial charge in [-0.05, 0) is 19.4 Å². The molecule has 4 N–H and O–H groups in total. The minimum Gasteiger partial charge on any atom is -0.330 e. The van der Waals surface area contributed by atoms with E-state index in [1.54, 1.807) is 5.48 Å². The van der Waals surface area contributed by atoms with Crippen molar-refractivity contribution in [3.8, 4) is 0 Å². The normalized spacial score (nSPS) is 11.2. The van der Waals surface area contributed by atoms with Gasteiger partial charge in [-0.2, -0.15) is 0 Å². The van der Waals surface area contributed by atoms with Crippen molar-refractivity contribution in [2.24, 2.45) is 5.73 Å². The van der Waals surface area contributed by atoms with Gasteiger partial charge < -0.3 is 5.73 Å². The lowest BCUT2D eigenvalue weighted by atomic mass is 10.0. The smallest absolute Gasteiger partial charge is 0.243 e. The van der Waals surface area contributed by atoms with E-state index in [0.717, 1.165) is 19.4 Å².